The van der Waals surface area contributed by atoms with E-state index in [1.54, 1.807) is 0 Å². The topological polar surface area (TPSA) is 88.1 Å². The molecule has 3 heterocycles. The van der Waals surface area contributed by atoms with Crippen molar-refractivity contribution in [1.29, 1.82) is 0 Å². The Hall–Kier alpha value is -3.23. The number of fused-ring (bicyclic) bond motifs is 1. The quantitative estimate of drug-likeness (QED) is 0.461. The highest BCUT2D eigenvalue weighted by Gasteiger charge is 2.39. The fourth-order valence-electron chi connectivity index (χ4n) is 4.08. The smallest absolute Gasteiger partial charge is 0.368 e. The van der Waals surface area contributed by atoms with E-state index in [4.69, 9.17) is 0 Å². The number of anilines is 2. The number of halogens is 7. The van der Waals surface area contributed by atoms with Crippen molar-refractivity contribution in [2.45, 2.75) is 32.2 Å². The van der Waals surface area contributed by atoms with Crippen molar-refractivity contribution in [2.75, 3.05) is 34.8 Å². The third-order valence-corrected chi connectivity index (χ3v) is 7.62. The summed E-state index contributed by atoms with van der Waals surface area (Å²) in [6, 6.07) is 2.83. The molecule has 0 unspecified atom stereocenters. The monoisotopic (exact) mass is 551 g/mol. The Morgan fingerprint density at radius 2 is 1.68 bits per heavy atom. The molecule has 1 N–H and O–H groups in total. The molecule has 4 rings (SSSR count). The second-order valence-corrected chi connectivity index (χ2v) is 10.9. The zero-order valence-corrected chi connectivity index (χ0v) is 20.2. The van der Waals surface area contributed by atoms with Crippen LogP contribution in [0.4, 0.5) is 42.2 Å². The number of aromatic nitrogens is 3. The van der Waals surface area contributed by atoms with E-state index in [-0.39, 0.29) is 58.3 Å². The zero-order valence-electron chi connectivity index (χ0n) is 19.4. The lowest BCUT2D eigenvalue weighted by atomic mass is 10.0. The first-order chi connectivity index (χ1) is 17.1. The molecule has 1 aliphatic rings. The first-order valence-corrected chi connectivity index (χ1v) is 12.7. The van der Waals surface area contributed by atoms with Crippen LogP contribution < -0.4 is 10.2 Å². The van der Waals surface area contributed by atoms with Crippen LogP contribution >= 0.6 is 0 Å². The van der Waals surface area contributed by atoms with E-state index in [2.05, 4.69) is 20.5 Å². The normalized spacial score (nSPS) is 17.2. The third-order valence-electron chi connectivity index (χ3n) is 6.01. The second-order valence-electron chi connectivity index (χ2n) is 8.60. The SMILES string of the molecule is Cc1nnc(N[C@H](C)c2cccc(C(F)(F)F)c2F)c2cc(N3CCS(=O)(=O)CC3)c(C(F)(F)F)nc12. The van der Waals surface area contributed by atoms with Gasteiger partial charge in [-0.05, 0) is 26.0 Å². The van der Waals surface area contributed by atoms with E-state index in [0.717, 1.165) is 18.2 Å². The van der Waals surface area contributed by atoms with Crippen LogP contribution in [0.2, 0.25) is 0 Å². The van der Waals surface area contributed by atoms with Crippen LogP contribution in [0.5, 0.6) is 0 Å². The van der Waals surface area contributed by atoms with Gasteiger partial charge in [0.1, 0.15) is 5.82 Å². The van der Waals surface area contributed by atoms with Gasteiger partial charge >= 0.3 is 12.4 Å². The number of aryl methyl sites for hydroxylation is 1. The van der Waals surface area contributed by atoms with Crippen LogP contribution in [0, 0.1) is 12.7 Å². The van der Waals surface area contributed by atoms with Crippen LogP contribution in [0.1, 0.15) is 35.5 Å². The standard InChI is InChI=1S/C22H20F7N5O2S/c1-11(13-4-3-5-15(17(13)23)21(24,25)26)30-20-14-10-16(34-6-8-37(35,36)9-7-34)19(22(27,28)29)31-18(14)12(2)32-33-20/h3-5,10-11H,6-9H2,1-2H3,(H,30,33)/t11-/m1/s1. The van der Waals surface area contributed by atoms with Gasteiger partial charge < -0.3 is 10.2 Å². The number of alkyl halides is 6. The van der Waals surface area contributed by atoms with Gasteiger partial charge in [-0.2, -0.15) is 31.4 Å². The fourth-order valence-corrected chi connectivity index (χ4v) is 5.28. The van der Waals surface area contributed by atoms with Crippen molar-refractivity contribution < 1.29 is 39.2 Å². The summed E-state index contributed by atoms with van der Waals surface area (Å²) in [5.41, 5.74) is -3.53. The maximum Gasteiger partial charge on any atom is 0.435 e. The Morgan fingerprint density at radius 3 is 2.27 bits per heavy atom. The number of pyridine rings is 1. The minimum Gasteiger partial charge on any atom is -0.368 e. The molecule has 15 heteroatoms. The van der Waals surface area contributed by atoms with Crippen molar-refractivity contribution in [2.24, 2.45) is 0 Å². The summed E-state index contributed by atoms with van der Waals surface area (Å²) in [6.07, 6.45) is -9.80. The predicted molar refractivity (Wildman–Crippen MR) is 121 cm³/mol. The van der Waals surface area contributed by atoms with Gasteiger partial charge in [-0.3, -0.25) is 0 Å². The predicted octanol–water partition coefficient (Wildman–Crippen LogP) is 4.92. The molecule has 0 bridgehead atoms. The molecule has 3 aromatic rings. The maximum atomic E-state index is 14.7. The zero-order chi connectivity index (χ0) is 27.3. The Morgan fingerprint density at radius 1 is 1.03 bits per heavy atom. The summed E-state index contributed by atoms with van der Waals surface area (Å²) in [6.45, 7) is 2.37. The van der Waals surface area contributed by atoms with Gasteiger partial charge in [-0.15, -0.1) is 5.10 Å². The Balaban J connectivity index is 1.81. The molecule has 200 valence electrons. The van der Waals surface area contributed by atoms with Crippen LogP contribution in [0.15, 0.2) is 24.3 Å². The van der Waals surface area contributed by atoms with Crippen LogP contribution in [0.25, 0.3) is 10.9 Å². The molecule has 0 aliphatic carbocycles. The van der Waals surface area contributed by atoms with Gasteiger partial charge in [-0.25, -0.2) is 17.8 Å². The molecule has 0 radical (unpaired) electrons. The van der Waals surface area contributed by atoms with Gasteiger partial charge in [0.05, 0.1) is 40.0 Å². The molecule has 1 aliphatic heterocycles. The summed E-state index contributed by atoms with van der Waals surface area (Å²) < 4.78 is 120. The van der Waals surface area contributed by atoms with E-state index in [0.29, 0.717) is 6.07 Å². The molecular formula is C22H20F7N5O2S. The molecule has 0 amide bonds. The molecular weight excluding hydrogens is 531 g/mol. The van der Waals surface area contributed by atoms with E-state index >= 15 is 0 Å². The molecule has 1 saturated heterocycles. The second kappa shape index (κ2) is 9.26. The average Bonchev–Trinajstić information content (AvgIpc) is 2.79. The Labute approximate surface area is 206 Å². The van der Waals surface area contributed by atoms with E-state index in [9.17, 15) is 39.2 Å². The lowest BCUT2D eigenvalue weighted by molar-refractivity contribution is -0.141. The summed E-state index contributed by atoms with van der Waals surface area (Å²) >= 11 is 0. The van der Waals surface area contributed by atoms with Crippen molar-refractivity contribution in [3.05, 3.63) is 52.6 Å². The lowest BCUT2D eigenvalue weighted by Gasteiger charge is -2.31. The van der Waals surface area contributed by atoms with Crippen molar-refractivity contribution >= 4 is 32.2 Å². The first-order valence-electron chi connectivity index (χ1n) is 10.9. The van der Waals surface area contributed by atoms with Crippen molar-refractivity contribution in [3.8, 4) is 0 Å². The summed E-state index contributed by atoms with van der Waals surface area (Å²) in [4.78, 5) is 5.04. The van der Waals surface area contributed by atoms with Gasteiger partial charge in [0.2, 0.25) is 0 Å². The first kappa shape index (κ1) is 26.8. The number of hydrogen-bond acceptors (Lipinski definition) is 7. The Kier molecular flexibility index (Phi) is 6.71. The molecule has 1 aromatic carbocycles. The molecule has 7 nitrogen and oxygen atoms in total. The van der Waals surface area contributed by atoms with Gasteiger partial charge in [0.15, 0.2) is 21.3 Å². The number of benzene rings is 1. The average molecular weight is 551 g/mol. The molecule has 1 atom stereocenters. The Bertz CT molecular complexity index is 1440. The molecule has 2 aromatic heterocycles. The number of nitrogens with zero attached hydrogens (tertiary/aromatic N) is 4. The minimum absolute atomic E-state index is 0.0525. The fraction of sp³-hybridized carbons (Fsp3) is 0.409. The van der Waals surface area contributed by atoms with E-state index in [1.165, 1.54) is 18.7 Å². The molecule has 0 spiro atoms. The van der Waals surface area contributed by atoms with Crippen molar-refractivity contribution in [3.63, 3.8) is 0 Å². The molecule has 0 saturated carbocycles. The van der Waals surface area contributed by atoms with Gasteiger partial charge in [0, 0.05) is 24.0 Å². The summed E-state index contributed by atoms with van der Waals surface area (Å²) in [7, 11) is -3.39. The third kappa shape index (κ3) is 5.40. The number of sulfone groups is 1. The highest BCUT2D eigenvalue weighted by Crippen LogP contribution is 2.40. The maximum absolute atomic E-state index is 14.7. The largest absolute Gasteiger partial charge is 0.435 e. The van der Waals surface area contributed by atoms with Gasteiger partial charge in [0.25, 0.3) is 0 Å². The number of hydrogen-bond donors (Lipinski definition) is 1. The van der Waals surface area contributed by atoms with Crippen LogP contribution in [-0.4, -0.2) is 48.2 Å². The van der Waals surface area contributed by atoms with Crippen molar-refractivity contribution in [1.82, 2.24) is 15.2 Å². The minimum atomic E-state index is -4.93. The van der Waals surface area contributed by atoms with Crippen LogP contribution in [-0.2, 0) is 22.2 Å². The highest BCUT2D eigenvalue weighted by molar-refractivity contribution is 7.91. The molecule has 1 fully saturated rings. The van der Waals surface area contributed by atoms with E-state index in [1.807, 2.05) is 0 Å². The lowest BCUT2D eigenvalue weighted by Crippen LogP contribution is -2.41. The molecule has 37 heavy (non-hydrogen) atoms. The number of nitrogens with one attached hydrogen (secondary N) is 1. The van der Waals surface area contributed by atoms with Crippen LogP contribution in [0.3, 0.4) is 0 Å². The number of rotatable bonds is 4. The summed E-state index contributed by atoms with van der Waals surface area (Å²) in [5.74, 6) is -2.30. The van der Waals surface area contributed by atoms with Gasteiger partial charge in [-0.1, -0.05) is 12.1 Å². The van der Waals surface area contributed by atoms with E-state index < -0.39 is 45.3 Å². The summed E-state index contributed by atoms with van der Waals surface area (Å²) in [5, 5.41) is 10.5. The highest BCUT2D eigenvalue weighted by atomic mass is 32.2.